The largest absolute Gasteiger partial charge is 0.393 e. The molecule has 0 aliphatic heterocycles. The number of nitrogens with one attached hydrogen (secondary N) is 1. The van der Waals surface area contributed by atoms with Crippen molar-refractivity contribution in [2.24, 2.45) is 24.6 Å². The lowest BCUT2D eigenvalue weighted by Gasteiger charge is -2.18. The summed E-state index contributed by atoms with van der Waals surface area (Å²) < 4.78 is 1.69. The van der Waals surface area contributed by atoms with Gasteiger partial charge < -0.3 is 11.1 Å². The van der Waals surface area contributed by atoms with Gasteiger partial charge in [0.25, 0.3) is 0 Å². The standard InChI is InChI=1S/C11H18N4OS/c1-7(2)9(10(12)17)11(16)13-6-8-4-5-15(3)14-8/h4-5,7,9H,6H2,1-3H3,(H2,12,17)(H,13,16). The predicted molar refractivity (Wildman–Crippen MR) is 70.2 cm³/mol. The van der Waals surface area contributed by atoms with Crippen molar-refractivity contribution in [3.05, 3.63) is 18.0 Å². The fraction of sp³-hybridized carbons (Fsp3) is 0.545. The molecular weight excluding hydrogens is 236 g/mol. The van der Waals surface area contributed by atoms with E-state index < -0.39 is 5.92 Å². The second-order valence-corrected chi connectivity index (χ2v) is 4.79. The van der Waals surface area contributed by atoms with E-state index in [9.17, 15) is 4.79 Å². The van der Waals surface area contributed by atoms with Crippen LogP contribution in [0.25, 0.3) is 0 Å². The minimum absolute atomic E-state index is 0.0937. The Bertz CT molecular complexity index is 413. The first-order valence-corrected chi connectivity index (χ1v) is 5.88. The Morgan fingerprint density at radius 2 is 2.29 bits per heavy atom. The lowest BCUT2D eigenvalue weighted by molar-refractivity contribution is -0.124. The molecule has 1 heterocycles. The van der Waals surface area contributed by atoms with Gasteiger partial charge >= 0.3 is 0 Å². The molecule has 1 rings (SSSR count). The number of thiocarbonyl (C=S) groups is 1. The van der Waals surface area contributed by atoms with Crippen LogP contribution in [-0.4, -0.2) is 20.7 Å². The number of aromatic nitrogens is 2. The molecule has 1 aromatic rings. The molecular formula is C11H18N4OS. The predicted octanol–water partition coefficient (Wildman–Crippen LogP) is 0.595. The van der Waals surface area contributed by atoms with Crippen LogP contribution in [0.1, 0.15) is 19.5 Å². The molecule has 0 bridgehead atoms. The summed E-state index contributed by atoms with van der Waals surface area (Å²) in [5, 5.41) is 6.96. The number of carbonyl (C=O) groups is 1. The molecule has 1 atom stereocenters. The monoisotopic (exact) mass is 254 g/mol. The quantitative estimate of drug-likeness (QED) is 0.755. The summed E-state index contributed by atoms with van der Waals surface area (Å²) in [5.41, 5.74) is 6.37. The summed E-state index contributed by atoms with van der Waals surface area (Å²) in [4.78, 5) is 12.1. The lowest BCUT2D eigenvalue weighted by Crippen LogP contribution is -2.40. The number of nitrogens with two attached hydrogens (primary N) is 1. The number of nitrogens with zero attached hydrogens (tertiary/aromatic N) is 2. The number of carbonyl (C=O) groups excluding carboxylic acids is 1. The van der Waals surface area contributed by atoms with Crippen LogP contribution < -0.4 is 11.1 Å². The minimum atomic E-state index is -0.422. The van der Waals surface area contributed by atoms with Gasteiger partial charge in [-0.25, -0.2) is 0 Å². The average Bonchev–Trinajstić information content (AvgIpc) is 2.60. The van der Waals surface area contributed by atoms with Crippen molar-refractivity contribution in [3.63, 3.8) is 0 Å². The van der Waals surface area contributed by atoms with Crippen LogP contribution in [-0.2, 0) is 18.4 Å². The summed E-state index contributed by atoms with van der Waals surface area (Å²) in [7, 11) is 1.83. The highest BCUT2D eigenvalue weighted by molar-refractivity contribution is 7.80. The molecule has 0 saturated heterocycles. The number of amides is 1. The van der Waals surface area contributed by atoms with E-state index in [1.54, 1.807) is 4.68 Å². The molecule has 5 nitrogen and oxygen atoms in total. The molecule has 94 valence electrons. The highest BCUT2D eigenvalue weighted by atomic mass is 32.1. The Balaban J connectivity index is 2.56. The van der Waals surface area contributed by atoms with Gasteiger partial charge in [-0.05, 0) is 12.0 Å². The van der Waals surface area contributed by atoms with Gasteiger partial charge in [0.2, 0.25) is 5.91 Å². The van der Waals surface area contributed by atoms with E-state index in [1.165, 1.54) is 0 Å². The van der Waals surface area contributed by atoms with Crippen LogP contribution in [0.3, 0.4) is 0 Å². The Kier molecular flexibility index (Phi) is 4.62. The van der Waals surface area contributed by atoms with Crippen molar-refractivity contribution in [1.82, 2.24) is 15.1 Å². The molecule has 0 aromatic carbocycles. The number of hydrogen-bond acceptors (Lipinski definition) is 3. The molecule has 1 amide bonds. The molecule has 0 radical (unpaired) electrons. The van der Waals surface area contributed by atoms with E-state index in [1.807, 2.05) is 33.2 Å². The van der Waals surface area contributed by atoms with E-state index in [0.29, 0.717) is 6.54 Å². The molecule has 0 fully saturated rings. The molecule has 0 spiro atoms. The van der Waals surface area contributed by atoms with Gasteiger partial charge in [-0.3, -0.25) is 9.48 Å². The van der Waals surface area contributed by atoms with Crippen molar-refractivity contribution >= 4 is 23.1 Å². The van der Waals surface area contributed by atoms with Gasteiger partial charge in [-0.15, -0.1) is 0 Å². The minimum Gasteiger partial charge on any atom is -0.393 e. The Morgan fingerprint density at radius 3 is 2.71 bits per heavy atom. The van der Waals surface area contributed by atoms with Gasteiger partial charge in [0.05, 0.1) is 23.1 Å². The molecule has 3 N–H and O–H groups in total. The van der Waals surface area contributed by atoms with Crippen molar-refractivity contribution in [3.8, 4) is 0 Å². The first-order chi connectivity index (χ1) is 7.91. The van der Waals surface area contributed by atoms with Crippen LogP contribution >= 0.6 is 12.2 Å². The fourth-order valence-electron chi connectivity index (χ4n) is 1.61. The highest BCUT2D eigenvalue weighted by Crippen LogP contribution is 2.11. The van der Waals surface area contributed by atoms with E-state index >= 15 is 0 Å². The average molecular weight is 254 g/mol. The van der Waals surface area contributed by atoms with Crippen LogP contribution in [0.2, 0.25) is 0 Å². The SMILES string of the molecule is CC(C)C(C(=O)NCc1ccn(C)n1)C(N)=S. The summed E-state index contributed by atoms with van der Waals surface area (Å²) in [6.45, 7) is 4.24. The summed E-state index contributed by atoms with van der Waals surface area (Å²) in [6, 6.07) is 1.85. The zero-order valence-corrected chi connectivity index (χ0v) is 11.1. The third-order valence-corrected chi connectivity index (χ3v) is 2.72. The molecule has 0 aliphatic rings. The maximum atomic E-state index is 11.9. The van der Waals surface area contributed by atoms with Crippen LogP contribution in [0, 0.1) is 11.8 Å². The number of hydrogen-bond donors (Lipinski definition) is 2. The van der Waals surface area contributed by atoms with Crippen molar-refractivity contribution < 1.29 is 4.79 Å². The molecule has 6 heteroatoms. The van der Waals surface area contributed by atoms with Gasteiger partial charge in [-0.2, -0.15) is 5.10 Å². The third-order valence-electron chi connectivity index (χ3n) is 2.47. The summed E-state index contributed by atoms with van der Waals surface area (Å²) in [5.74, 6) is -0.469. The van der Waals surface area contributed by atoms with Gasteiger partial charge in [0.15, 0.2) is 0 Å². The summed E-state index contributed by atoms with van der Waals surface area (Å²) >= 11 is 4.90. The van der Waals surface area contributed by atoms with Crippen LogP contribution in [0.5, 0.6) is 0 Å². The zero-order valence-electron chi connectivity index (χ0n) is 10.3. The van der Waals surface area contributed by atoms with E-state index in [2.05, 4.69) is 10.4 Å². The number of rotatable bonds is 5. The Labute approximate surface area is 106 Å². The summed E-state index contributed by atoms with van der Waals surface area (Å²) in [6.07, 6.45) is 1.83. The van der Waals surface area contributed by atoms with Crippen LogP contribution in [0.4, 0.5) is 0 Å². The lowest BCUT2D eigenvalue weighted by atomic mass is 9.95. The molecule has 1 unspecified atom stereocenters. The first kappa shape index (κ1) is 13.6. The fourth-order valence-corrected chi connectivity index (χ4v) is 1.98. The topological polar surface area (TPSA) is 72.9 Å². The van der Waals surface area contributed by atoms with Crippen molar-refractivity contribution in [2.75, 3.05) is 0 Å². The van der Waals surface area contributed by atoms with Gasteiger partial charge in [0.1, 0.15) is 0 Å². The second-order valence-electron chi connectivity index (χ2n) is 4.32. The highest BCUT2D eigenvalue weighted by Gasteiger charge is 2.24. The Morgan fingerprint density at radius 1 is 1.65 bits per heavy atom. The van der Waals surface area contributed by atoms with E-state index in [-0.39, 0.29) is 16.8 Å². The second kappa shape index (κ2) is 5.77. The molecule has 0 saturated carbocycles. The first-order valence-electron chi connectivity index (χ1n) is 5.47. The maximum absolute atomic E-state index is 11.9. The van der Waals surface area contributed by atoms with E-state index in [0.717, 1.165) is 5.69 Å². The third kappa shape index (κ3) is 3.81. The smallest absolute Gasteiger partial charge is 0.230 e. The normalized spacial score (nSPS) is 12.5. The van der Waals surface area contributed by atoms with Crippen LogP contribution in [0.15, 0.2) is 12.3 Å². The maximum Gasteiger partial charge on any atom is 0.230 e. The zero-order chi connectivity index (χ0) is 13.0. The molecule has 1 aromatic heterocycles. The van der Waals surface area contributed by atoms with Crippen molar-refractivity contribution in [2.45, 2.75) is 20.4 Å². The van der Waals surface area contributed by atoms with Gasteiger partial charge in [-0.1, -0.05) is 26.1 Å². The molecule has 17 heavy (non-hydrogen) atoms. The Hall–Kier alpha value is -1.43. The molecule has 0 aliphatic carbocycles. The van der Waals surface area contributed by atoms with Gasteiger partial charge in [0, 0.05) is 13.2 Å². The number of aryl methyl sites for hydroxylation is 1. The van der Waals surface area contributed by atoms with Crippen molar-refractivity contribution in [1.29, 1.82) is 0 Å². The van der Waals surface area contributed by atoms with E-state index in [4.69, 9.17) is 18.0 Å².